The second-order valence-corrected chi connectivity index (χ2v) is 10.6. The van der Waals surface area contributed by atoms with Gasteiger partial charge in [0.2, 0.25) is 5.95 Å². The molecule has 0 N–H and O–H groups in total. The molecule has 8 nitrogen and oxygen atoms in total. The Morgan fingerprint density at radius 3 is 1.47 bits per heavy atom. The van der Waals surface area contributed by atoms with Crippen LogP contribution in [0.3, 0.4) is 0 Å². The lowest BCUT2D eigenvalue weighted by Gasteiger charge is -2.10. The van der Waals surface area contributed by atoms with Gasteiger partial charge in [0.05, 0.1) is 22.4 Å². The Kier molecular flexibility index (Phi) is 6.99. The highest BCUT2D eigenvalue weighted by atomic mass is 19.1. The molecule has 0 amide bonds. The third-order valence-corrected chi connectivity index (χ3v) is 7.53. The Hall–Kier alpha value is -6.55. The maximum absolute atomic E-state index is 14.6. The Balaban J connectivity index is 1.20. The number of aromatic nitrogens is 6. The van der Waals surface area contributed by atoms with Crippen molar-refractivity contribution in [3.05, 3.63) is 146 Å². The van der Waals surface area contributed by atoms with Crippen molar-refractivity contribution >= 4 is 21.8 Å². The minimum absolute atomic E-state index is 0.323. The SMILES string of the molecule is Fc1cc(Oc2ccc3c4ccc(Oc5cc(F)cc(-c6ccccn6)c5)cc4n(-c4ncncn4)c3c2)cc(-c2ccccn2)c1. The van der Waals surface area contributed by atoms with Gasteiger partial charge in [-0.1, -0.05) is 12.1 Å². The summed E-state index contributed by atoms with van der Waals surface area (Å²) < 4.78 is 43.5. The smallest absolute Gasteiger partial charge is 0.237 e. The van der Waals surface area contributed by atoms with E-state index in [2.05, 4.69) is 24.9 Å². The third kappa shape index (κ3) is 5.59. The zero-order valence-corrected chi connectivity index (χ0v) is 24.5. The van der Waals surface area contributed by atoms with E-state index < -0.39 is 11.6 Å². The number of hydrogen-bond donors (Lipinski definition) is 0. The first kappa shape index (κ1) is 28.0. The molecule has 0 aliphatic rings. The van der Waals surface area contributed by atoms with Gasteiger partial charge in [-0.05, 0) is 72.8 Å². The van der Waals surface area contributed by atoms with Crippen LogP contribution in [0.25, 0.3) is 50.3 Å². The minimum Gasteiger partial charge on any atom is -0.457 e. The molecule has 0 bridgehead atoms. The number of hydrogen-bond acceptors (Lipinski definition) is 7. The average Bonchev–Trinajstić information content (AvgIpc) is 3.41. The van der Waals surface area contributed by atoms with Crippen molar-refractivity contribution in [3.8, 4) is 51.5 Å². The van der Waals surface area contributed by atoms with Gasteiger partial charge in [-0.25, -0.2) is 23.7 Å². The van der Waals surface area contributed by atoms with E-state index in [1.54, 1.807) is 36.7 Å². The minimum atomic E-state index is -0.443. The van der Waals surface area contributed by atoms with Crippen LogP contribution in [-0.4, -0.2) is 29.5 Å². The van der Waals surface area contributed by atoms with Crippen molar-refractivity contribution in [1.82, 2.24) is 29.5 Å². The number of halogens is 2. The van der Waals surface area contributed by atoms with Gasteiger partial charge in [-0.3, -0.25) is 14.5 Å². The Bertz CT molecular complexity index is 2240. The zero-order chi connectivity index (χ0) is 31.7. The molecule has 226 valence electrons. The van der Waals surface area contributed by atoms with Crippen LogP contribution in [0.5, 0.6) is 23.0 Å². The monoisotopic (exact) mass is 620 g/mol. The molecule has 0 aliphatic carbocycles. The molecule has 47 heavy (non-hydrogen) atoms. The fourth-order valence-corrected chi connectivity index (χ4v) is 5.55. The summed E-state index contributed by atoms with van der Waals surface area (Å²) in [5.74, 6) is 1.09. The van der Waals surface area contributed by atoms with Gasteiger partial charge >= 0.3 is 0 Å². The number of nitrogens with zero attached hydrogens (tertiary/aromatic N) is 6. The molecule has 0 fully saturated rings. The maximum atomic E-state index is 14.6. The molecule has 10 heteroatoms. The van der Waals surface area contributed by atoms with Crippen LogP contribution in [0.2, 0.25) is 0 Å². The first-order valence-corrected chi connectivity index (χ1v) is 14.6. The lowest BCUT2D eigenvalue weighted by atomic mass is 10.1. The van der Waals surface area contributed by atoms with Crippen LogP contribution < -0.4 is 9.47 Å². The van der Waals surface area contributed by atoms with Crippen LogP contribution in [0.4, 0.5) is 8.78 Å². The summed E-state index contributed by atoms with van der Waals surface area (Å²) >= 11 is 0. The predicted molar refractivity (Wildman–Crippen MR) is 174 cm³/mol. The number of ether oxygens (including phenoxy) is 2. The van der Waals surface area contributed by atoms with Gasteiger partial charge < -0.3 is 9.47 Å². The van der Waals surface area contributed by atoms with Crippen molar-refractivity contribution in [3.63, 3.8) is 0 Å². The maximum Gasteiger partial charge on any atom is 0.237 e. The number of benzene rings is 4. The zero-order valence-electron chi connectivity index (χ0n) is 24.5. The highest BCUT2D eigenvalue weighted by molar-refractivity contribution is 6.09. The van der Waals surface area contributed by atoms with Gasteiger partial charge in [-0.15, -0.1) is 0 Å². The molecule has 4 heterocycles. The van der Waals surface area contributed by atoms with E-state index in [1.807, 2.05) is 65.2 Å². The topological polar surface area (TPSA) is 87.8 Å². The molecule has 0 spiro atoms. The Labute approximate surface area is 266 Å². The van der Waals surface area contributed by atoms with Crippen molar-refractivity contribution in [2.45, 2.75) is 0 Å². The van der Waals surface area contributed by atoms with Crippen LogP contribution in [0.1, 0.15) is 0 Å². The van der Waals surface area contributed by atoms with Crippen molar-refractivity contribution < 1.29 is 18.3 Å². The van der Waals surface area contributed by atoms with Crippen LogP contribution in [0, 0.1) is 11.6 Å². The van der Waals surface area contributed by atoms with E-state index >= 15 is 0 Å². The molecule has 0 unspecified atom stereocenters. The molecular formula is C37H22F2N6O2. The molecule has 8 aromatic rings. The standard InChI is InChI=1S/C37H22F2N6O2/c38-25-13-23(33-5-1-3-11-41-33)15-29(17-25)46-27-7-9-31-32-10-8-28(20-36(32)45(35(31)19-27)37-43-21-40-22-44-37)47-30-16-24(14-26(39)18-30)34-6-2-4-12-42-34/h1-22H. The van der Waals surface area contributed by atoms with Gasteiger partial charge in [0.25, 0.3) is 0 Å². The highest BCUT2D eigenvalue weighted by Crippen LogP contribution is 2.38. The quantitative estimate of drug-likeness (QED) is 0.176. The van der Waals surface area contributed by atoms with Gasteiger partial charge in [0, 0.05) is 58.6 Å². The lowest BCUT2D eigenvalue weighted by Crippen LogP contribution is -2.01. The second-order valence-electron chi connectivity index (χ2n) is 10.6. The fraction of sp³-hybridized carbons (Fsp3) is 0. The van der Waals surface area contributed by atoms with Gasteiger partial charge in [0.1, 0.15) is 47.3 Å². The summed E-state index contributed by atoms with van der Waals surface area (Å²) in [5.41, 5.74) is 3.94. The van der Waals surface area contributed by atoms with Crippen LogP contribution in [-0.2, 0) is 0 Å². The largest absolute Gasteiger partial charge is 0.457 e. The molecule has 0 atom stereocenters. The van der Waals surface area contributed by atoms with Crippen molar-refractivity contribution in [1.29, 1.82) is 0 Å². The van der Waals surface area contributed by atoms with E-state index in [-0.39, 0.29) is 0 Å². The number of rotatable bonds is 7. The second kappa shape index (κ2) is 11.8. The Morgan fingerprint density at radius 1 is 0.489 bits per heavy atom. The van der Waals surface area contributed by atoms with Gasteiger partial charge in [0.15, 0.2) is 0 Å². The van der Waals surface area contributed by atoms with E-state index in [1.165, 1.54) is 36.9 Å². The summed E-state index contributed by atoms with van der Waals surface area (Å²) in [6, 6.07) is 31.1. The molecule has 0 saturated carbocycles. The van der Waals surface area contributed by atoms with Crippen LogP contribution >= 0.6 is 0 Å². The average molecular weight is 621 g/mol. The number of fused-ring (bicyclic) bond motifs is 3. The Morgan fingerprint density at radius 2 is 1.00 bits per heavy atom. The molecule has 8 rings (SSSR count). The van der Waals surface area contributed by atoms with Crippen molar-refractivity contribution in [2.24, 2.45) is 0 Å². The molecule has 0 aliphatic heterocycles. The summed E-state index contributed by atoms with van der Waals surface area (Å²) in [7, 11) is 0. The fourth-order valence-electron chi connectivity index (χ4n) is 5.55. The molecule has 4 aromatic heterocycles. The highest BCUT2D eigenvalue weighted by Gasteiger charge is 2.17. The lowest BCUT2D eigenvalue weighted by molar-refractivity contribution is 0.477. The predicted octanol–water partition coefficient (Wildman–Crippen LogP) is 8.96. The summed E-state index contributed by atoms with van der Waals surface area (Å²) in [5, 5.41) is 1.80. The van der Waals surface area contributed by atoms with E-state index in [4.69, 9.17) is 9.47 Å². The molecular weight excluding hydrogens is 598 g/mol. The third-order valence-electron chi connectivity index (χ3n) is 7.53. The molecule has 4 aromatic carbocycles. The first-order valence-electron chi connectivity index (χ1n) is 14.6. The normalized spacial score (nSPS) is 11.2. The molecule has 0 saturated heterocycles. The van der Waals surface area contributed by atoms with Crippen LogP contribution in [0.15, 0.2) is 134 Å². The first-order chi connectivity index (χ1) is 23.1. The van der Waals surface area contributed by atoms with E-state index in [0.29, 0.717) is 51.5 Å². The van der Waals surface area contributed by atoms with E-state index in [0.717, 1.165) is 21.8 Å². The summed E-state index contributed by atoms with van der Waals surface area (Å²) in [6.45, 7) is 0. The van der Waals surface area contributed by atoms with Gasteiger partial charge in [-0.2, -0.15) is 0 Å². The van der Waals surface area contributed by atoms with Crippen molar-refractivity contribution in [2.75, 3.05) is 0 Å². The summed E-state index contributed by atoms with van der Waals surface area (Å²) in [4.78, 5) is 21.5. The number of pyridine rings is 2. The van der Waals surface area contributed by atoms with E-state index in [9.17, 15) is 8.78 Å². The molecule has 0 radical (unpaired) electrons. The summed E-state index contributed by atoms with van der Waals surface area (Å²) in [6.07, 6.45) is 6.14.